The summed E-state index contributed by atoms with van der Waals surface area (Å²) in [5, 5.41) is 5.84. The molecule has 1 aromatic rings. The third-order valence-electron chi connectivity index (χ3n) is 4.45. The number of benzene rings is 1. The monoisotopic (exact) mass is 325 g/mol. The molecule has 0 aromatic heterocycles. The van der Waals surface area contributed by atoms with Crippen molar-refractivity contribution < 1.29 is 14.1 Å². The van der Waals surface area contributed by atoms with Crippen molar-refractivity contribution in [3.8, 4) is 0 Å². The van der Waals surface area contributed by atoms with Crippen LogP contribution in [0.5, 0.6) is 0 Å². The molecule has 0 saturated carbocycles. The summed E-state index contributed by atoms with van der Waals surface area (Å²) in [4.78, 5) is 13.4. The molecule has 1 amide bonds. The van der Waals surface area contributed by atoms with Gasteiger partial charge in [0.15, 0.2) is 0 Å². The van der Waals surface area contributed by atoms with E-state index in [4.69, 9.17) is 15.6 Å². The highest BCUT2D eigenvalue weighted by molar-refractivity contribution is 8.27. The second-order valence-electron chi connectivity index (χ2n) is 6.03. The molecule has 2 heterocycles. The number of carbonyl (C=O) groups is 1. The number of amides is 1. The number of anilines is 1. The summed E-state index contributed by atoms with van der Waals surface area (Å²) >= 11 is 0. The number of hydrogen-bond donors (Lipinski definition) is 3. The second kappa shape index (κ2) is 6.08. The van der Waals surface area contributed by atoms with Crippen molar-refractivity contribution in [2.75, 3.05) is 29.5 Å². The molecule has 3 rings (SSSR count). The van der Waals surface area contributed by atoms with Crippen LogP contribution < -0.4 is 15.8 Å². The summed E-state index contributed by atoms with van der Waals surface area (Å²) in [6.45, 7) is 0.842. The average molecular weight is 325 g/mol. The largest absolute Gasteiger partial charge is 0.443 e. The lowest BCUT2D eigenvalue weighted by Crippen LogP contribution is -2.27. The van der Waals surface area contributed by atoms with Crippen molar-refractivity contribution in [1.29, 1.82) is 0 Å². The Morgan fingerprint density at radius 2 is 1.91 bits per heavy atom. The van der Waals surface area contributed by atoms with Crippen molar-refractivity contribution in [3.63, 3.8) is 0 Å². The van der Waals surface area contributed by atoms with Gasteiger partial charge in [0.1, 0.15) is 6.10 Å². The molecule has 1 atom stereocenters. The quantitative estimate of drug-likeness (QED) is 0.789. The van der Waals surface area contributed by atoms with Crippen LogP contribution >= 0.6 is 10.5 Å². The normalized spacial score (nSPS) is 35.0. The van der Waals surface area contributed by atoms with Gasteiger partial charge in [-0.3, -0.25) is 10.0 Å². The number of cyclic esters (lactones) is 1. The molecule has 2 aliphatic rings. The Balaban J connectivity index is 1.67. The summed E-state index contributed by atoms with van der Waals surface area (Å²) in [6, 6.07) is 8.01. The molecule has 2 fully saturated rings. The zero-order chi connectivity index (χ0) is 15.7. The number of carbonyl (C=O) groups excluding carboxylic acids is 1. The molecule has 22 heavy (non-hydrogen) atoms. The Morgan fingerprint density at radius 3 is 2.45 bits per heavy atom. The molecule has 1 aromatic carbocycles. The Bertz CT molecular complexity index is 539. The van der Waals surface area contributed by atoms with E-state index in [0.29, 0.717) is 30.5 Å². The highest BCUT2D eigenvalue weighted by Gasteiger charge is 2.31. The van der Waals surface area contributed by atoms with E-state index in [2.05, 4.69) is 12.1 Å². The number of nitrogens with two attached hydrogens (primary N) is 2. The van der Waals surface area contributed by atoms with E-state index < -0.39 is 10.5 Å². The smallest absolute Gasteiger partial charge is 0.414 e. The first kappa shape index (κ1) is 15.6. The van der Waals surface area contributed by atoms with E-state index in [9.17, 15) is 9.35 Å². The Hall–Kier alpha value is -1.28. The Morgan fingerprint density at radius 1 is 1.27 bits per heavy atom. The molecular formula is C15H23N3O3S. The fourth-order valence-corrected chi connectivity index (χ4v) is 4.64. The van der Waals surface area contributed by atoms with Crippen molar-refractivity contribution >= 4 is 22.3 Å². The van der Waals surface area contributed by atoms with Crippen LogP contribution in [0.1, 0.15) is 24.3 Å². The van der Waals surface area contributed by atoms with E-state index in [1.54, 1.807) is 4.90 Å². The zero-order valence-corrected chi connectivity index (χ0v) is 13.3. The first-order chi connectivity index (χ1) is 10.5. The molecule has 0 spiro atoms. The molecule has 122 valence electrons. The van der Waals surface area contributed by atoms with Crippen LogP contribution in [0.25, 0.3) is 0 Å². The number of hydrogen-bond acceptors (Lipinski definition) is 5. The van der Waals surface area contributed by atoms with Crippen LogP contribution in [-0.2, 0) is 4.74 Å². The standard InChI is InChI=1S/C15H23N3O3S/c16-9-14-10-18(15(19)21-14)13-3-1-11(2-4-13)12-5-7-22(17,20)8-6-12/h1-4,12,14,20H,5-10,16-17H2/t14-/m0/s1. The minimum absolute atomic E-state index is 0.226. The van der Waals surface area contributed by atoms with Crippen molar-refractivity contribution in [2.24, 2.45) is 10.9 Å². The van der Waals surface area contributed by atoms with E-state index in [-0.39, 0.29) is 12.2 Å². The minimum Gasteiger partial charge on any atom is -0.443 e. The van der Waals surface area contributed by atoms with E-state index in [1.807, 2.05) is 12.1 Å². The third-order valence-corrected chi connectivity index (χ3v) is 6.34. The van der Waals surface area contributed by atoms with Crippen LogP contribution in [0.2, 0.25) is 0 Å². The summed E-state index contributed by atoms with van der Waals surface area (Å²) in [5.41, 5.74) is 7.62. The van der Waals surface area contributed by atoms with Crippen LogP contribution in [0, 0.1) is 0 Å². The van der Waals surface area contributed by atoms with Gasteiger partial charge in [0.25, 0.3) is 0 Å². The fraction of sp³-hybridized carbons (Fsp3) is 0.533. The SMILES string of the molecule is NC[C@H]1CN(c2ccc(C3CCS(N)(O)CC3)cc2)C(=O)O1. The number of nitrogens with zero attached hydrogens (tertiary/aromatic N) is 1. The third kappa shape index (κ3) is 3.22. The summed E-state index contributed by atoms with van der Waals surface area (Å²) < 4.78 is 15.1. The molecule has 0 bridgehead atoms. The van der Waals surface area contributed by atoms with Crippen molar-refractivity contribution in [2.45, 2.75) is 24.9 Å². The van der Waals surface area contributed by atoms with Gasteiger partial charge in [0, 0.05) is 23.7 Å². The predicted molar refractivity (Wildman–Crippen MR) is 89.2 cm³/mol. The first-order valence-electron chi connectivity index (χ1n) is 7.55. The van der Waals surface area contributed by atoms with E-state index in [1.165, 1.54) is 5.56 Å². The van der Waals surface area contributed by atoms with E-state index >= 15 is 0 Å². The average Bonchev–Trinajstić information content (AvgIpc) is 2.89. The number of ether oxygens (including phenoxy) is 1. The summed E-state index contributed by atoms with van der Waals surface area (Å²) in [5.74, 6) is 1.85. The Kier molecular flexibility index (Phi) is 4.31. The summed E-state index contributed by atoms with van der Waals surface area (Å²) in [7, 11) is -1.84. The fourth-order valence-electron chi connectivity index (χ4n) is 3.05. The predicted octanol–water partition coefficient (Wildman–Crippen LogP) is 2.00. The lowest BCUT2D eigenvalue weighted by Gasteiger charge is -2.37. The van der Waals surface area contributed by atoms with Gasteiger partial charge in [-0.05, 0) is 36.5 Å². The maximum Gasteiger partial charge on any atom is 0.414 e. The molecule has 2 aliphatic heterocycles. The Labute approximate surface area is 132 Å². The van der Waals surface area contributed by atoms with Gasteiger partial charge >= 0.3 is 6.09 Å². The lowest BCUT2D eigenvalue weighted by molar-refractivity contribution is 0.145. The van der Waals surface area contributed by atoms with Gasteiger partial charge in [-0.15, -0.1) is 0 Å². The molecular weight excluding hydrogens is 302 g/mol. The van der Waals surface area contributed by atoms with Gasteiger partial charge in [-0.1, -0.05) is 22.6 Å². The molecule has 0 radical (unpaired) electrons. The lowest BCUT2D eigenvalue weighted by atomic mass is 9.93. The van der Waals surface area contributed by atoms with Crippen LogP contribution in [-0.4, -0.2) is 41.3 Å². The van der Waals surface area contributed by atoms with Crippen molar-refractivity contribution in [3.05, 3.63) is 29.8 Å². The first-order valence-corrected chi connectivity index (χ1v) is 9.55. The maximum absolute atomic E-state index is 11.8. The van der Waals surface area contributed by atoms with Gasteiger partial charge < -0.3 is 15.0 Å². The van der Waals surface area contributed by atoms with Gasteiger partial charge in [0.05, 0.1) is 6.54 Å². The van der Waals surface area contributed by atoms with Crippen LogP contribution in [0.3, 0.4) is 0 Å². The van der Waals surface area contributed by atoms with Crippen LogP contribution in [0.4, 0.5) is 10.5 Å². The minimum atomic E-state index is -1.84. The molecule has 6 nitrogen and oxygen atoms in total. The van der Waals surface area contributed by atoms with Crippen LogP contribution in [0.15, 0.2) is 24.3 Å². The molecule has 2 saturated heterocycles. The topological polar surface area (TPSA) is 102 Å². The maximum atomic E-state index is 11.8. The summed E-state index contributed by atoms with van der Waals surface area (Å²) in [6.07, 6.45) is 1.28. The molecule has 5 N–H and O–H groups in total. The van der Waals surface area contributed by atoms with E-state index in [0.717, 1.165) is 18.5 Å². The second-order valence-corrected chi connectivity index (χ2v) is 8.65. The molecule has 0 aliphatic carbocycles. The highest BCUT2D eigenvalue weighted by atomic mass is 32.3. The van der Waals surface area contributed by atoms with Gasteiger partial charge in [0.2, 0.25) is 0 Å². The molecule has 0 unspecified atom stereocenters. The van der Waals surface area contributed by atoms with Gasteiger partial charge in [-0.25, -0.2) is 4.79 Å². The van der Waals surface area contributed by atoms with Gasteiger partial charge in [-0.2, -0.15) is 0 Å². The van der Waals surface area contributed by atoms with Crippen molar-refractivity contribution in [1.82, 2.24) is 0 Å². The zero-order valence-electron chi connectivity index (χ0n) is 12.5. The molecule has 7 heteroatoms. The number of rotatable bonds is 3. The highest BCUT2D eigenvalue weighted by Crippen LogP contribution is 2.45.